The lowest BCUT2D eigenvalue weighted by Crippen LogP contribution is -2.25. The van der Waals surface area contributed by atoms with Crippen molar-refractivity contribution < 1.29 is 0 Å². The first-order chi connectivity index (χ1) is 8.13. The monoisotopic (exact) mass is 257 g/mol. The lowest BCUT2D eigenvalue weighted by Gasteiger charge is -2.22. The normalized spacial score (nSPS) is 14.9. The van der Waals surface area contributed by atoms with Crippen LogP contribution in [-0.4, -0.2) is 16.3 Å². The minimum atomic E-state index is 0.310. The van der Waals surface area contributed by atoms with Crippen LogP contribution >= 0.6 is 11.6 Å². The van der Waals surface area contributed by atoms with Gasteiger partial charge in [-0.15, -0.1) is 0 Å². The van der Waals surface area contributed by atoms with Crippen molar-refractivity contribution in [2.45, 2.75) is 53.1 Å². The summed E-state index contributed by atoms with van der Waals surface area (Å²) in [6.07, 6.45) is 4.05. The molecule has 0 amide bonds. The van der Waals surface area contributed by atoms with Crippen molar-refractivity contribution in [2.75, 3.05) is 6.54 Å². The molecule has 0 aliphatic heterocycles. The smallest absolute Gasteiger partial charge is 0.0834 e. The lowest BCUT2D eigenvalue weighted by molar-refractivity contribution is 0.387. The molecule has 1 N–H and O–H groups in total. The van der Waals surface area contributed by atoms with Gasteiger partial charge >= 0.3 is 0 Å². The number of hydrogen-bond acceptors (Lipinski definition) is 2. The molecule has 1 aromatic rings. The van der Waals surface area contributed by atoms with E-state index in [-0.39, 0.29) is 0 Å². The van der Waals surface area contributed by atoms with Crippen LogP contribution in [-0.2, 0) is 6.54 Å². The zero-order valence-electron chi connectivity index (χ0n) is 11.3. The van der Waals surface area contributed by atoms with Gasteiger partial charge in [-0.25, -0.2) is 0 Å². The molecular formula is C13H24ClN3. The Labute approximate surface area is 110 Å². The first kappa shape index (κ1) is 14.5. The average Bonchev–Trinajstić information content (AvgIpc) is 2.69. The van der Waals surface area contributed by atoms with Crippen LogP contribution in [0.4, 0.5) is 0 Å². The maximum Gasteiger partial charge on any atom is 0.0834 e. The second-order valence-corrected chi connectivity index (χ2v) is 4.96. The fourth-order valence-corrected chi connectivity index (χ4v) is 2.35. The summed E-state index contributed by atoms with van der Waals surface area (Å²) in [5.41, 5.74) is 1.14. The zero-order valence-corrected chi connectivity index (χ0v) is 12.1. The minimum Gasteiger partial charge on any atom is -0.309 e. The molecule has 2 unspecified atom stereocenters. The largest absolute Gasteiger partial charge is 0.309 e. The molecule has 4 heteroatoms. The van der Waals surface area contributed by atoms with Gasteiger partial charge in [-0.2, -0.15) is 5.10 Å². The summed E-state index contributed by atoms with van der Waals surface area (Å²) < 4.78 is 2.00. The van der Waals surface area contributed by atoms with Crippen molar-refractivity contribution in [2.24, 2.45) is 5.92 Å². The van der Waals surface area contributed by atoms with E-state index in [1.807, 2.05) is 4.68 Å². The lowest BCUT2D eigenvalue weighted by atomic mass is 9.97. The Balaban J connectivity index is 2.91. The van der Waals surface area contributed by atoms with E-state index in [9.17, 15) is 0 Å². The predicted octanol–water partition coefficient (Wildman–Crippen LogP) is 3.64. The first-order valence-corrected chi connectivity index (χ1v) is 6.96. The second-order valence-electron chi connectivity index (χ2n) is 4.55. The Morgan fingerprint density at radius 2 is 2.12 bits per heavy atom. The Bertz CT molecular complexity index is 335. The maximum absolute atomic E-state index is 6.26. The topological polar surface area (TPSA) is 29.9 Å². The van der Waals surface area contributed by atoms with Gasteiger partial charge in [0.15, 0.2) is 0 Å². The molecule has 1 aromatic heterocycles. The van der Waals surface area contributed by atoms with E-state index in [0.717, 1.165) is 30.2 Å². The molecular weight excluding hydrogens is 234 g/mol. The summed E-state index contributed by atoms with van der Waals surface area (Å²) in [7, 11) is 0. The van der Waals surface area contributed by atoms with Crippen LogP contribution < -0.4 is 5.32 Å². The molecule has 1 rings (SSSR count). The van der Waals surface area contributed by atoms with Crippen LogP contribution in [0, 0.1) is 5.92 Å². The molecule has 0 saturated carbocycles. The summed E-state index contributed by atoms with van der Waals surface area (Å²) in [6.45, 7) is 10.6. The van der Waals surface area contributed by atoms with E-state index in [1.54, 1.807) is 6.20 Å². The van der Waals surface area contributed by atoms with E-state index < -0.39 is 0 Å². The Morgan fingerprint density at radius 1 is 1.41 bits per heavy atom. The van der Waals surface area contributed by atoms with Gasteiger partial charge in [0.25, 0.3) is 0 Å². The molecule has 98 valence electrons. The van der Waals surface area contributed by atoms with Crippen LogP contribution in [0.2, 0.25) is 5.02 Å². The predicted molar refractivity (Wildman–Crippen MR) is 73.4 cm³/mol. The zero-order chi connectivity index (χ0) is 12.8. The molecule has 17 heavy (non-hydrogen) atoms. The Kier molecular flexibility index (Phi) is 6.00. The summed E-state index contributed by atoms with van der Waals surface area (Å²) in [6, 6.07) is 0.310. The molecule has 2 atom stereocenters. The average molecular weight is 258 g/mol. The number of nitrogens with zero attached hydrogens (tertiary/aromatic N) is 2. The van der Waals surface area contributed by atoms with E-state index in [1.165, 1.54) is 6.42 Å². The maximum atomic E-state index is 6.26. The van der Waals surface area contributed by atoms with Gasteiger partial charge in [-0.05, 0) is 25.8 Å². The van der Waals surface area contributed by atoms with E-state index in [4.69, 9.17) is 11.6 Å². The highest BCUT2D eigenvalue weighted by molar-refractivity contribution is 6.31. The highest BCUT2D eigenvalue weighted by atomic mass is 35.5. The molecule has 0 aliphatic rings. The highest BCUT2D eigenvalue weighted by Gasteiger charge is 2.20. The van der Waals surface area contributed by atoms with Crippen molar-refractivity contribution in [3.63, 3.8) is 0 Å². The Morgan fingerprint density at radius 3 is 2.65 bits per heavy atom. The molecule has 0 saturated heterocycles. The molecule has 0 radical (unpaired) electrons. The fraction of sp³-hybridized carbons (Fsp3) is 0.769. The minimum absolute atomic E-state index is 0.310. The van der Waals surface area contributed by atoms with Crippen molar-refractivity contribution in [1.29, 1.82) is 0 Å². The van der Waals surface area contributed by atoms with Crippen LogP contribution in [0.1, 0.15) is 52.3 Å². The second kappa shape index (κ2) is 7.02. The standard InChI is InChI=1S/C13H24ClN3/c1-5-10(4)8-12(15-6-2)13-11(14)9-16-17(13)7-3/h9-10,12,15H,5-8H2,1-4H3. The van der Waals surface area contributed by atoms with Crippen LogP contribution in [0.15, 0.2) is 6.20 Å². The number of aromatic nitrogens is 2. The number of hydrogen-bond donors (Lipinski definition) is 1. The van der Waals surface area contributed by atoms with Crippen molar-refractivity contribution in [3.05, 3.63) is 16.9 Å². The van der Waals surface area contributed by atoms with Gasteiger partial charge in [-0.3, -0.25) is 4.68 Å². The fourth-order valence-electron chi connectivity index (χ4n) is 2.08. The van der Waals surface area contributed by atoms with E-state index in [0.29, 0.717) is 12.0 Å². The highest BCUT2D eigenvalue weighted by Crippen LogP contribution is 2.28. The molecule has 0 fully saturated rings. The van der Waals surface area contributed by atoms with Gasteiger partial charge < -0.3 is 5.32 Å². The van der Waals surface area contributed by atoms with E-state index in [2.05, 4.69) is 38.1 Å². The van der Waals surface area contributed by atoms with Gasteiger partial charge in [0, 0.05) is 6.54 Å². The molecule has 1 heterocycles. The van der Waals surface area contributed by atoms with Crippen LogP contribution in [0.25, 0.3) is 0 Å². The first-order valence-electron chi connectivity index (χ1n) is 6.58. The third kappa shape index (κ3) is 3.71. The van der Waals surface area contributed by atoms with Gasteiger partial charge in [0.05, 0.1) is 23.0 Å². The number of aryl methyl sites for hydroxylation is 1. The molecule has 3 nitrogen and oxygen atoms in total. The SMILES string of the molecule is CCNC(CC(C)CC)c1c(Cl)cnn1CC. The summed E-state index contributed by atoms with van der Waals surface area (Å²) in [5, 5.41) is 8.61. The third-order valence-electron chi connectivity index (χ3n) is 3.25. The third-order valence-corrected chi connectivity index (χ3v) is 3.54. The molecule has 0 aliphatic carbocycles. The van der Waals surface area contributed by atoms with Crippen LogP contribution in [0.5, 0.6) is 0 Å². The van der Waals surface area contributed by atoms with Crippen molar-refractivity contribution in [1.82, 2.24) is 15.1 Å². The number of nitrogens with one attached hydrogen (secondary N) is 1. The number of rotatable bonds is 7. The summed E-state index contributed by atoms with van der Waals surface area (Å²) >= 11 is 6.26. The quantitative estimate of drug-likeness (QED) is 0.808. The van der Waals surface area contributed by atoms with Gasteiger partial charge in [-0.1, -0.05) is 38.8 Å². The molecule has 0 aromatic carbocycles. The van der Waals surface area contributed by atoms with Crippen molar-refractivity contribution in [3.8, 4) is 0 Å². The van der Waals surface area contributed by atoms with Gasteiger partial charge in [0.1, 0.15) is 0 Å². The number of halogens is 1. The molecule has 0 bridgehead atoms. The van der Waals surface area contributed by atoms with Gasteiger partial charge in [0.2, 0.25) is 0 Å². The van der Waals surface area contributed by atoms with Crippen molar-refractivity contribution >= 4 is 11.6 Å². The Hall–Kier alpha value is -0.540. The molecule has 0 spiro atoms. The summed E-state index contributed by atoms with van der Waals surface area (Å²) in [4.78, 5) is 0. The van der Waals surface area contributed by atoms with Crippen LogP contribution in [0.3, 0.4) is 0 Å². The summed E-state index contributed by atoms with van der Waals surface area (Å²) in [5.74, 6) is 0.690. The van der Waals surface area contributed by atoms with E-state index >= 15 is 0 Å².